The fourth-order valence-electron chi connectivity index (χ4n) is 0.485. The first-order valence-corrected chi connectivity index (χ1v) is 4.94. The van der Waals surface area contributed by atoms with E-state index < -0.39 is 0 Å². The summed E-state index contributed by atoms with van der Waals surface area (Å²) in [6.07, 6.45) is 0. The minimum Gasteiger partial charge on any atom is -0.143 e. The molecule has 0 N–H and O–H groups in total. The van der Waals surface area contributed by atoms with Gasteiger partial charge in [0, 0.05) is 12.0 Å². The Morgan fingerprint density at radius 2 is 1.78 bits per heavy atom. The van der Waals surface area contributed by atoms with Gasteiger partial charge in [0.05, 0.1) is 0 Å². The average molecular weight is 362 g/mol. The molecule has 0 nitrogen and oxygen atoms in total. The number of hydrogen-bond donors (Lipinski definition) is 1. The molecule has 1 aromatic carbocycles. The number of rotatable bonds is 0. The number of halogens is 2. The van der Waals surface area contributed by atoms with Crippen molar-refractivity contribution >= 4 is 57.8 Å². The van der Waals surface area contributed by atoms with E-state index in [9.17, 15) is 0 Å². The first kappa shape index (κ1) is 8.13. The van der Waals surface area contributed by atoms with E-state index in [-0.39, 0.29) is 0 Å². The fraction of sp³-hybridized carbons (Fsp3) is 0. The molecule has 0 saturated heterocycles. The highest BCUT2D eigenvalue weighted by atomic mass is 127. The van der Waals surface area contributed by atoms with Gasteiger partial charge in [-0.3, -0.25) is 0 Å². The molecule has 0 heterocycles. The maximum atomic E-state index is 4.19. The summed E-state index contributed by atoms with van der Waals surface area (Å²) in [5.74, 6) is 0. The third-order valence-electron chi connectivity index (χ3n) is 0.903. The van der Waals surface area contributed by atoms with Crippen LogP contribution in [0.25, 0.3) is 0 Å². The molecule has 0 saturated carbocycles. The van der Waals surface area contributed by atoms with Gasteiger partial charge < -0.3 is 0 Å². The van der Waals surface area contributed by atoms with Crippen molar-refractivity contribution in [3.05, 3.63) is 25.3 Å². The smallest absolute Gasteiger partial charge is 0.0274 e. The Bertz CT molecular complexity index is 222. The molecule has 0 atom stereocenters. The highest BCUT2D eigenvalue weighted by Gasteiger charge is 1.93. The summed E-state index contributed by atoms with van der Waals surface area (Å²) in [7, 11) is 0. The van der Waals surface area contributed by atoms with Crippen LogP contribution in [0, 0.1) is 7.14 Å². The van der Waals surface area contributed by atoms with Crippen molar-refractivity contribution < 1.29 is 0 Å². The van der Waals surface area contributed by atoms with Gasteiger partial charge in [-0.2, -0.15) is 0 Å². The van der Waals surface area contributed by atoms with Crippen LogP contribution in [0.4, 0.5) is 0 Å². The van der Waals surface area contributed by atoms with Gasteiger partial charge in [0.2, 0.25) is 0 Å². The van der Waals surface area contributed by atoms with E-state index in [2.05, 4.69) is 63.9 Å². The lowest BCUT2D eigenvalue weighted by molar-refractivity contribution is 1.42. The van der Waals surface area contributed by atoms with Crippen molar-refractivity contribution in [3.8, 4) is 0 Å². The van der Waals surface area contributed by atoms with E-state index in [1.54, 1.807) is 0 Å². The molecule has 0 unspecified atom stereocenters. The predicted molar refractivity (Wildman–Crippen MR) is 59.1 cm³/mol. The van der Waals surface area contributed by atoms with E-state index in [4.69, 9.17) is 0 Å². The van der Waals surface area contributed by atoms with Gasteiger partial charge in [-0.25, -0.2) is 0 Å². The lowest BCUT2D eigenvalue weighted by Gasteiger charge is -1.94. The Morgan fingerprint density at radius 1 is 1.11 bits per heavy atom. The molecular weight excluding hydrogens is 358 g/mol. The largest absolute Gasteiger partial charge is 0.143 e. The monoisotopic (exact) mass is 362 g/mol. The predicted octanol–water partition coefficient (Wildman–Crippen LogP) is 3.18. The molecule has 0 spiro atoms. The molecule has 0 aliphatic heterocycles. The van der Waals surface area contributed by atoms with Crippen LogP contribution < -0.4 is 0 Å². The highest BCUT2D eigenvalue weighted by molar-refractivity contribution is 14.1. The SMILES string of the molecule is Sc1ccc(I)c(I)c1. The summed E-state index contributed by atoms with van der Waals surface area (Å²) in [4.78, 5) is 1.03. The molecule has 0 aliphatic rings. The second kappa shape index (κ2) is 3.43. The molecule has 0 aliphatic carbocycles. The van der Waals surface area contributed by atoms with Gasteiger partial charge in [-0.15, -0.1) is 12.6 Å². The first-order valence-electron chi connectivity index (χ1n) is 2.34. The summed E-state index contributed by atoms with van der Waals surface area (Å²) in [5.41, 5.74) is 0. The zero-order valence-electron chi connectivity index (χ0n) is 4.44. The summed E-state index contributed by atoms with van der Waals surface area (Å²) >= 11 is 8.79. The van der Waals surface area contributed by atoms with Gasteiger partial charge in [0.15, 0.2) is 0 Å². The van der Waals surface area contributed by atoms with Gasteiger partial charge in [0.25, 0.3) is 0 Å². The Kier molecular flexibility index (Phi) is 3.10. The normalized spacial score (nSPS) is 9.67. The Morgan fingerprint density at radius 3 is 2.22 bits per heavy atom. The fourth-order valence-corrected chi connectivity index (χ4v) is 1.79. The van der Waals surface area contributed by atoms with E-state index >= 15 is 0 Å². The van der Waals surface area contributed by atoms with E-state index in [0.29, 0.717) is 0 Å². The molecular formula is C6H4I2S. The van der Waals surface area contributed by atoms with E-state index in [1.807, 2.05) is 12.1 Å². The van der Waals surface area contributed by atoms with Crippen molar-refractivity contribution in [2.24, 2.45) is 0 Å². The molecule has 0 aromatic heterocycles. The third kappa shape index (κ3) is 2.27. The summed E-state index contributed by atoms with van der Waals surface area (Å²) in [5, 5.41) is 0. The summed E-state index contributed by atoms with van der Waals surface area (Å²) in [6.45, 7) is 0. The van der Waals surface area contributed by atoms with Crippen molar-refractivity contribution in [1.82, 2.24) is 0 Å². The van der Waals surface area contributed by atoms with Crippen LogP contribution in [0.5, 0.6) is 0 Å². The molecule has 0 radical (unpaired) electrons. The summed E-state index contributed by atoms with van der Waals surface area (Å²) in [6, 6.07) is 6.10. The van der Waals surface area contributed by atoms with Crippen LogP contribution in [-0.4, -0.2) is 0 Å². The second-order valence-electron chi connectivity index (χ2n) is 1.60. The zero-order valence-corrected chi connectivity index (χ0v) is 9.64. The maximum Gasteiger partial charge on any atom is 0.0274 e. The maximum absolute atomic E-state index is 4.19. The van der Waals surface area contributed by atoms with Crippen LogP contribution in [0.15, 0.2) is 23.1 Å². The van der Waals surface area contributed by atoms with E-state index in [1.165, 1.54) is 7.14 Å². The zero-order chi connectivity index (χ0) is 6.85. The van der Waals surface area contributed by atoms with Crippen LogP contribution in [0.1, 0.15) is 0 Å². The van der Waals surface area contributed by atoms with Crippen molar-refractivity contribution in [2.45, 2.75) is 4.90 Å². The molecule has 48 valence electrons. The minimum atomic E-state index is 1.03. The molecule has 0 bridgehead atoms. The lowest BCUT2D eigenvalue weighted by Crippen LogP contribution is -1.76. The molecule has 1 aromatic rings. The van der Waals surface area contributed by atoms with Gasteiger partial charge in [-0.05, 0) is 63.4 Å². The minimum absolute atomic E-state index is 1.03. The van der Waals surface area contributed by atoms with Crippen molar-refractivity contribution in [1.29, 1.82) is 0 Å². The Labute approximate surface area is 87.1 Å². The Balaban J connectivity index is 3.17. The van der Waals surface area contributed by atoms with Gasteiger partial charge in [-0.1, -0.05) is 0 Å². The lowest BCUT2D eigenvalue weighted by atomic mass is 10.4. The topological polar surface area (TPSA) is 0 Å². The number of thiol groups is 1. The van der Waals surface area contributed by atoms with Gasteiger partial charge >= 0.3 is 0 Å². The number of benzene rings is 1. The van der Waals surface area contributed by atoms with Crippen LogP contribution in [-0.2, 0) is 0 Å². The average Bonchev–Trinajstić information content (AvgIpc) is 1.80. The van der Waals surface area contributed by atoms with Gasteiger partial charge in [0.1, 0.15) is 0 Å². The third-order valence-corrected chi connectivity index (χ3v) is 4.05. The summed E-state index contributed by atoms with van der Waals surface area (Å²) < 4.78 is 2.55. The standard InChI is InChI=1S/C6H4I2S/c7-5-2-1-4(9)3-6(5)8/h1-3,9H. The number of hydrogen-bond acceptors (Lipinski definition) is 1. The van der Waals surface area contributed by atoms with Crippen LogP contribution >= 0.6 is 57.8 Å². The van der Waals surface area contributed by atoms with E-state index in [0.717, 1.165) is 4.90 Å². The molecule has 9 heavy (non-hydrogen) atoms. The quantitative estimate of drug-likeness (QED) is 0.532. The van der Waals surface area contributed by atoms with Crippen molar-refractivity contribution in [2.75, 3.05) is 0 Å². The highest BCUT2D eigenvalue weighted by Crippen LogP contribution is 2.17. The molecule has 1 rings (SSSR count). The molecule has 0 fully saturated rings. The van der Waals surface area contributed by atoms with Crippen LogP contribution in [0.2, 0.25) is 0 Å². The Hall–Kier alpha value is 1.03. The van der Waals surface area contributed by atoms with Crippen molar-refractivity contribution in [3.63, 3.8) is 0 Å². The molecule has 3 heteroatoms. The van der Waals surface area contributed by atoms with Crippen LogP contribution in [0.3, 0.4) is 0 Å². The second-order valence-corrected chi connectivity index (χ2v) is 4.44. The molecule has 0 amide bonds. The first-order chi connectivity index (χ1) is 4.20.